The van der Waals surface area contributed by atoms with Gasteiger partial charge in [0.1, 0.15) is 5.19 Å². The molecule has 0 saturated carbocycles. The van der Waals surface area contributed by atoms with Gasteiger partial charge in [-0.1, -0.05) is 24.7 Å². The number of ether oxygens (including phenoxy) is 1. The first-order chi connectivity index (χ1) is 4.33. The fourth-order valence-electron chi connectivity index (χ4n) is 0.428. The van der Waals surface area contributed by atoms with Gasteiger partial charge in [0, 0.05) is 0 Å². The molecule has 3 heteroatoms. The Bertz CT molecular complexity index is 98.3. The molecule has 0 aromatic rings. The predicted molar refractivity (Wildman–Crippen MR) is 48.0 cm³/mol. The van der Waals surface area contributed by atoms with Gasteiger partial charge in [-0.2, -0.15) is 0 Å². The highest BCUT2D eigenvalue weighted by molar-refractivity contribution is 6.66. The zero-order valence-corrected chi connectivity index (χ0v) is 9.12. The predicted octanol–water partition coefficient (Wildman–Crippen LogP) is 2.66. The minimum atomic E-state index is -0.502. The van der Waals surface area contributed by atoms with Gasteiger partial charge in [-0.15, -0.1) is 0 Å². The minimum absolute atomic E-state index is 0.0648. The number of hydrogen-bond acceptors (Lipinski definition) is 1. The average Bonchev–Trinajstić information content (AvgIpc) is 1.60. The highest BCUT2D eigenvalue weighted by atomic mass is 35.5. The van der Waals surface area contributed by atoms with Crippen LogP contribution in [0.15, 0.2) is 0 Å². The van der Waals surface area contributed by atoms with E-state index >= 15 is 0 Å². The van der Waals surface area contributed by atoms with Crippen molar-refractivity contribution in [3.8, 4) is 0 Å². The first-order valence-corrected chi connectivity index (χ1v) is 6.46. The molecule has 0 heterocycles. The van der Waals surface area contributed by atoms with Crippen molar-refractivity contribution in [3.63, 3.8) is 0 Å². The number of rotatable bonds is 2. The van der Waals surface area contributed by atoms with E-state index in [0.717, 1.165) is 0 Å². The molecule has 1 radical (unpaired) electrons. The Hall–Kier alpha value is 0.467. The molecule has 10 heavy (non-hydrogen) atoms. The molecule has 0 aliphatic rings. The molecule has 0 aromatic heterocycles. The summed E-state index contributed by atoms with van der Waals surface area (Å²) >= 11 is 5.92. The summed E-state index contributed by atoms with van der Waals surface area (Å²) in [5, 5.41) is -0.0648. The molecule has 0 bridgehead atoms. The van der Waals surface area contributed by atoms with Crippen LogP contribution in [0.2, 0.25) is 13.1 Å². The second kappa shape index (κ2) is 3.74. The number of alkyl halides is 1. The van der Waals surface area contributed by atoms with E-state index < -0.39 is 8.80 Å². The van der Waals surface area contributed by atoms with E-state index in [4.69, 9.17) is 16.3 Å². The minimum Gasteiger partial charge on any atom is -0.361 e. The van der Waals surface area contributed by atoms with E-state index in [9.17, 15) is 0 Å². The molecule has 0 aliphatic heterocycles. The van der Waals surface area contributed by atoms with E-state index in [0.29, 0.717) is 0 Å². The third-order valence-corrected chi connectivity index (χ3v) is 3.34. The average molecular weight is 180 g/mol. The zero-order chi connectivity index (χ0) is 8.36. The molecule has 0 N–H and O–H groups in total. The fourth-order valence-corrected chi connectivity index (χ4v) is 1.28. The first kappa shape index (κ1) is 10.5. The Morgan fingerprint density at radius 1 is 1.30 bits per heavy atom. The summed E-state index contributed by atoms with van der Waals surface area (Å²) in [6.07, 6.45) is 0. The molecule has 0 saturated heterocycles. The van der Waals surface area contributed by atoms with Gasteiger partial charge in [0.25, 0.3) is 0 Å². The van der Waals surface area contributed by atoms with Gasteiger partial charge in [-0.25, -0.2) is 0 Å². The number of hydrogen-bond donors (Lipinski definition) is 0. The topological polar surface area (TPSA) is 9.23 Å². The van der Waals surface area contributed by atoms with Crippen LogP contribution in [0.1, 0.15) is 20.8 Å². The van der Waals surface area contributed by atoms with Crippen molar-refractivity contribution >= 4 is 20.4 Å². The smallest absolute Gasteiger partial charge is 0.117 e. The number of halogens is 1. The van der Waals surface area contributed by atoms with Crippen molar-refractivity contribution in [2.24, 2.45) is 0 Å². The third kappa shape index (κ3) is 5.27. The summed E-state index contributed by atoms with van der Waals surface area (Å²) in [4.78, 5) is 0. The summed E-state index contributed by atoms with van der Waals surface area (Å²) in [7, 11) is -0.502. The molecular weight excluding hydrogens is 164 g/mol. The van der Waals surface area contributed by atoms with Crippen molar-refractivity contribution in [3.05, 3.63) is 0 Å². The summed E-state index contributed by atoms with van der Waals surface area (Å²) in [5.41, 5.74) is -0.103. The molecular formula is C7H16ClOSi. The van der Waals surface area contributed by atoms with Crippen LogP contribution < -0.4 is 0 Å². The summed E-state index contributed by atoms with van der Waals surface area (Å²) in [6.45, 7) is 10.4. The molecule has 1 atom stereocenters. The standard InChI is InChI=1S/C7H16ClOSi/c1-7(2,3)9-6(8)10(4)5/h6H,1-5H3. The molecule has 1 nitrogen and oxygen atoms in total. The van der Waals surface area contributed by atoms with Crippen LogP contribution in [0, 0.1) is 0 Å². The Morgan fingerprint density at radius 3 is 1.80 bits per heavy atom. The lowest BCUT2D eigenvalue weighted by molar-refractivity contribution is 0.00600. The lowest BCUT2D eigenvalue weighted by atomic mass is 10.2. The fraction of sp³-hybridized carbons (Fsp3) is 1.00. The monoisotopic (exact) mass is 179 g/mol. The normalized spacial score (nSPS) is 15.9. The van der Waals surface area contributed by atoms with Crippen LogP contribution in [-0.2, 0) is 4.74 Å². The van der Waals surface area contributed by atoms with Gasteiger partial charge in [-0.3, -0.25) is 0 Å². The van der Waals surface area contributed by atoms with E-state index in [-0.39, 0.29) is 10.8 Å². The molecule has 0 aromatic carbocycles. The van der Waals surface area contributed by atoms with Crippen LogP contribution in [0.3, 0.4) is 0 Å². The molecule has 0 fully saturated rings. The molecule has 1 unspecified atom stereocenters. The van der Waals surface area contributed by atoms with Crippen LogP contribution in [-0.4, -0.2) is 19.6 Å². The van der Waals surface area contributed by atoms with E-state index in [1.54, 1.807) is 0 Å². The Balaban J connectivity index is 3.68. The van der Waals surface area contributed by atoms with Gasteiger partial charge in [0.15, 0.2) is 0 Å². The summed E-state index contributed by atoms with van der Waals surface area (Å²) < 4.78 is 5.51. The highest BCUT2D eigenvalue weighted by Gasteiger charge is 2.19. The quantitative estimate of drug-likeness (QED) is 0.468. The van der Waals surface area contributed by atoms with Crippen molar-refractivity contribution in [2.75, 3.05) is 0 Å². The lowest BCUT2D eigenvalue weighted by Crippen LogP contribution is -2.31. The molecule has 61 valence electrons. The maximum atomic E-state index is 5.92. The van der Waals surface area contributed by atoms with Crippen LogP contribution >= 0.6 is 11.6 Å². The van der Waals surface area contributed by atoms with E-state index in [1.807, 2.05) is 20.8 Å². The Labute approximate surface area is 70.3 Å². The molecule has 0 amide bonds. The lowest BCUT2D eigenvalue weighted by Gasteiger charge is -2.25. The SMILES string of the molecule is C[Si](C)C(Cl)OC(C)(C)C. The van der Waals surface area contributed by atoms with Gasteiger partial charge in [0.05, 0.1) is 14.4 Å². The summed E-state index contributed by atoms with van der Waals surface area (Å²) in [5.74, 6) is 0. The maximum Gasteiger partial charge on any atom is 0.117 e. The molecule has 0 rings (SSSR count). The van der Waals surface area contributed by atoms with Gasteiger partial charge < -0.3 is 4.74 Å². The maximum absolute atomic E-state index is 5.92. The van der Waals surface area contributed by atoms with Crippen LogP contribution in [0.5, 0.6) is 0 Å². The van der Waals surface area contributed by atoms with Crippen molar-refractivity contribution in [1.29, 1.82) is 0 Å². The van der Waals surface area contributed by atoms with E-state index in [1.165, 1.54) is 0 Å². The third-order valence-electron chi connectivity index (χ3n) is 0.911. The van der Waals surface area contributed by atoms with Gasteiger partial charge >= 0.3 is 0 Å². The van der Waals surface area contributed by atoms with E-state index in [2.05, 4.69) is 13.1 Å². The Morgan fingerprint density at radius 2 is 1.70 bits per heavy atom. The van der Waals surface area contributed by atoms with Gasteiger partial charge in [-0.05, 0) is 20.8 Å². The largest absolute Gasteiger partial charge is 0.361 e. The second-order valence-electron chi connectivity index (χ2n) is 3.62. The summed E-state index contributed by atoms with van der Waals surface area (Å²) in [6, 6.07) is 0. The first-order valence-electron chi connectivity index (χ1n) is 3.45. The highest BCUT2D eigenvalue weighted by Crippen LogP contribution is 2.15. The van der Waals surface area contributed by atoms with Crippen molar-refractivity contribution < 1.29 is 4.74 Å². The van der Waals surface area contributed by atoms with Crippen LogP contribution in [0.4, 0.5) is 0 Å². The Kier molecular flexibility index (Phi) is 3.92. The van der Waals surface area contributed by atoms with Gasteiger partial charge in [0.2, 0.25) is 0 Å². The molecule has 0 spiro atoms. The van der Waals surface area contributed by atoms with Crippen LogP contribution in [0.25, 0.3) is 0 Å². The van der Waals surface area contributed by atoms with Crippen molar-refractivity contribution in [2.45, 2.75) is 44.7 Å². The second-order valence-corrected chi connectivity index (χ2v) is 7.07. The van der Waals surface area contributed by atoms with Crippen molar-refractivity contribution in [1.82, 2.24) is 0 Å². The zero-order valence-electron chi connectivity index (χ0n) is 7.36. The molecule has 0 aliphatic carbocycles.